The molecule has 23 heavy (non-hydrogen) atoms. The van der Waals surface area contributed by atoms with Gasteiger partial charge in [-0.15, -0.1) is 0 Å². The van der Waals surface area contributed by atoms with Gasteiger partial charge in [-0.3, -0.25) is 9.48 Å². The van der Waals surface area contributed by atoms with Crippen LogP contribution in [0.15, 0.2) is 30.6 Å². The van der Waals surface area contributed by atoms with E-state index in [0.29, 0.717) is 36.8 Å². The van der Waals surface area contributed by atoms with Gasteiger partial charge in [0.15, 0.2) is 11.5 Å². The van der Waals surface area contributed by atoms with Crippen molar-refractivity contribution < 1.29 is 14.3 Å². The van der Waals surface area contributed by atoms with Gasteiger partial charge in [0.25, 0.3) is 5.91 Å². The van der Waals surface area contributed by atoms with Crippen LogP contribution in [0.25, 0.3) is 0 Å². The molecule has 6 nitrogen and oxygen atoms in total. The first-order valence-electron chi connectivity index (χ1n) is 7.87. The highest BCUT2D eigenvalue weighted by molar-refractivity contribution is 5.94. The van der Waals surface area contributed by atoms with Crippen molar-refractivity contribution in [2.45, 2.75) is 33.9 Å². The zero-order chi connectivity index (χ0) is 16.7. The molecule has 0 radical (unpaired) electrons. The van der Waals surface area contributed by atoms with Gasteiger partial charge < -0.3 is 14.8 Å². The average Bonchev–Trinajstić information content (AvgIpc) is 3.03. The summed E-state index contributed by atoms with van der Waals surface area (Å²) in [5.41, 5.74) is 1.51. The maximum Gasteiger partial charge on any atom is 0.251 e. The Morgan fingerprint density at radius 3 is 2.57 bits per heavy atom. The van der Waals surface area contributed by atoms with Crippen LogP contribution in [0.5, 0.6) is 11.5 Å². The first-order valence-corrected chi connectivity index (χ1v) is 7.87. The van der Waals surface area contributed by atoms with Crippen molar-refractivity contribution in [3.05, 3.63) is 41.7 Å². The highest BCUT2D eigenvalue weighted by atomic mass is 16.5. The molecule has 1 heterocycles. The van der Waals surface area contributed by atoms with Crippen LogP contribution in [0.3, 0.4) is 0 Å². The molecule has 0 aliphatic heterocycles. The highest BCUT2D eigenvalue weighted by Crippen LogP contribution is 2.28. The summed E-state index contributed by atoms with van der Waals surface area (Å²) < 4.78 is 12.9. The summed E-state index contributed by atoms with van der Waals surface area (Å²) in [6.07, 6.45) is 3.68. The Labute approximate surface area is 136 Å². The predicted octanol–water partition coefficient (Wildman–Crippen LogP) is 2.63. The number of nitrogens with one attached hydrogen (secondary N) is 1. The van der Waals surface area contributed by atoms with Crippen LogP contribution in [0.2, 0.25) is 0 Å². The minimum atomic E-state index is -0.154. The van der Waals surface area contributed by atoms with E-state index in [0.717, 1.165) is 12.1 Å². The number of hydrogen-bond acceptors (Lipinski definition) is 4. The molecule has 1 aromatic heterocycles. The first kappa shape index (κ1) is 16.9. The van der Waals surface area contributed by atoms with Crippen molar-refractivity contribution in [1.29, 1.82) is 0 Å². The van der Waals surface area contributed by atoms with E-state index in [1.54, 1.807) is 24.4 Å². The number of aromatic nitrogens is 2. The highest BCUT2D eigenvalue weighted by Gasteiger charge is 2.11. The lowest BCUT2D eigenvalue weighted by Gasteiger charge is -2.12. The molecule has 0 atom stereocenters. The predicted molar refractivity (Wildman–Crippen MR) is 87.9 cm³/mol. The van der Waals surface area contributed by atoms with Crippen molar-refractivity contribution >= 4 is 5.91 Å². The number of nitrogens with zero attached hydrogens (tertiary/aromatic N) is 2. The van der Waals surface area contributed by atoms with Crippen LogP contribution in [-0.2, 0) is 13.1 Å². The Bertz CT molecular complexity index is 652. The van der Waals surface area contributed by atoms with Crippen LogP contribution < -0.4 is 14.8 Å². The van der Waals surface area contributed by atoms with Crippen molar-refractivity contribution in [2.75, 3.05) is 13.2 Å². The molecule has 0 unspecified atom stereocenters. The molecule has 0 aliphatic rings. The second-order valence-electron chi connectivity index (χ2n) is 4.91. The van der Waals surface area contributed by atoms with Gasteiger partial charge in [0.05, 0.1) is 19.4 Å². The summed E-state index contributed by atoms with van der Waals surface area (Å²) in [7, 11) is 0. The van der Waals surface area contributed by atoms with Crippen LogP contribution in [0.1, 0.15) is 36.7 Å². The van der Waals surface area contributed by atoms with E-state index in [9.17, 15) is 4.79 Å². The maximum atomic E-state index is 12.3. The molecule has 0 bridgehead atoms. The van der Waals surface area contributed by atoms with Gasteiger partial charge in [-0.05, 0) is 39.0 Å². The number of benzene rings is 1. The number of ether oxygens (including phenoxy) is 2. The summed E-state index contributed by atoms with van der Waals surface area (Å²) in [4.78, 5) is 12.3. The second kappa shape index (κ2) is 8.22. The van der Waals surface area contributed by atoms with Crippen molar-refractivity contribution in [1.82, 2.24) is 15.1 Å². The number of hydrogen-bond donors (Lipinski definition) is 1. The first-order chi connectivity index (χ1) is 11.2. The molecule has 1 amide bonds. The van der Waals surface area contributed by atoms with Gasteiger partial charge in [0.2, 0.25) is 0 Å². The Kier molecular flexibility index (Phi) is 6.02. The summed E-state index contributed by atoms with van der Waals surface area (Å²) in [6, 6.07) is 5.20. The molecule has 2 rings (SSSR count). The minimum Gasteiger partial charge on any atom is -0.490 e. The number of amides is 1. The van der Waals surface area contributed by atoms with Crippen LogP contribution >= 0.6 is 0 Å². The van der Waals surface area contributed by atoms with E-state index in [1.807, 2.05) is 31.6 Å². The summed E-state index contributed by atoms with van der Waals surface area (Å²) >= 11 is 0. The molecule has 0 spiro atoms. The fourth-order valence-electron chi connectivity index (χ4n) is 2.15. The molecule has 0 fully saturated rings. The lowest BCUT2D eigenvalue weighted by Crippen LogP contribution is -2.22. The molecule has 1 aromatic carbocycles. The van der Waals surface area contributed by atoms with E-state index in [4.69, 9.17) is 9.47 Å². The largest absolute Gasteiger partial charge is 0.490 e. The normalized spacial score (nSPS) is 10.4. The lowest BCUT2D eigenvalue weighted by molar-refractivity contribution is 0.0950. The van der Waals surface area contributed by atoms with E-state index < -0.39 is 0 Å². The van der Waals surface area contributed by atoms with E-state index in [2.05, 4.69) is 10.4 Å². The molecule has 0 aliphatic carbocycles. The van der Waals surface area contributed by atoms with Crippen molar-refractivity contribution in [3.8, 4) is 11.5 Å². The minimum absolute atomic E-state index is 0.154. The molecule has 2 aromatic rings. The Balaban J connectivity index is 2.04. The molecule has 0 saturated carbocycles. The molecule has 0 saturated heterocycles. The molecular weight excluding hydrogens is 294 g/mol. The van der Waals surface area contributed by atoms with Gasteiger partial charge in [0, 0.05) is 30.4 Å². The van der Waals surface area contributed by atoms with Crippen LogP contribution in [0.4, 0.5) is 0 Å². The summed E-state index contributed by atoms with van der Waals surface area (Å²) in [5.74, 6) is 1.08. The second-order valence-corrected chi connectivity index (χ2v) is 4.91. The molecule has 124 valence electrons. The third-order valence-electron chi connectivity index (χ3n) is 3.27. The van der Waals surface area contributed by atoms with Crippen LogP contribution in [0, 0.1) is 0 Å². The van der Waals surface area contributed by atoms with Gasteiger partial charge in [0.1, 0.15) is 0 Å². The fourth-order valence-corrected chi connectivity index (χ4v) is 2.15. The van der Waals surface area contributed by atoms with Gasteiger partial charge in [-0.25, -0.2) is 0 Å². The number of carbonyl (C=O) groups excluding carboxylic acids is 1. The zero-order valence-electron chi connectivity index (χ0n) is 13.8. The van der Waals surface area contributed by atoms with E-state index in [1.165, 1.54) is 0 Å². The Hall–Kier alpha value is -2.50. The quantitative estimate of drug-likeness (QED) is 0.813. The number of aryl methyl sites for hydroxylation is 1. The number of carbonyl (C=O) groups is 1. The molecular formula is C17H23N3O3. The van der Waals surface area contributed by atoms with Gasteiger partial charge in [-0.2, -0.15) is 5.10 Å². The van der Waals surface area contributed by atoms with E-state index in [-0.39, 0.29) is 5.91 Å². The summed E-state index contributed by atoms with van der Waals surface area (Å²) in [5, 5.41) is 7.07. The zero-order valence-corrected chi connectivity index (χ0v) is 13.8. The summed E-state index contributed by atoms with van der Waals surface area (Å²) in [6.45, 7) is 8.14. The smallest absolute Gasteiger partial charge is 0.251 e. The van der Waals surface area contributed by atoms with E-state index >= 15 is 0 Å². The molecule has 6 heteroatoms. The Morgan fingerprint density at radius 2 is 1.91 bits per heavy atom. The standard InChI is InChI=1S/C17H23N3O3/c1-4-20-12-13(11-19-20)10-18-17(21)14-7-8-15(22-5-2)16(9-14)23-6-3/h7-9,11-12H,4-6,10H2,1-3H3,(H,18,21). The number of rotatable bonds is 8. The van der Waals surface area contributed by atoms with Gasteiger partial charge >= 0.3 is 0 Å². The maximum absolute atomic E-state index is 12.3. The fraction of sp³-hybridized carbons (Fsp3) is 0.412. The Morgan fingerprint density at radius 1 is 1.17 bits per heavy atom. The van der Waals surface area contributed by atoms with Gasteiger partial charge in [-0.1, -0.05) is 0 Å². The van der Waals surface area contributed by atoms with Crippen LogP contribution in [-0.4, -0.2) is 28.9 Å². The third-order valence-corrected chi connectivity index (χ3v) is 3.27. The van der Waals surface area contributed by atoms with Crippen molar-refractivity contribution in [2.24, 2.45) is 0 Å². The average molecular weight is 317 g/mol. The SMILES string of the molecule is CCOc1ccc(C(=O)NCc2cnn(CC)c2)cc1OCC. The lowest BCUT2D eigenvalue weighted by atomic mass is 10.2. The topological polar surface area (TPSA) is 65.4 Å². The third kappa shape index (κ3) is 4.48. The monoisotopic (exact) mass is 317 g/mol. The molecule has 1 N–H and O–H groups in total. The van der Waals surface area contributed by atoms with Crippen molar-refractivity contribution in [3.63, 3.8) is 0 Å².